The lowest BCUT2D eigenvalue weighted by Gasteiger charge is -2.34. The number of ether oxygens (including phenoxy) is 2. The van der Waals surface area contributed by atoms with E-state index in [1.807, 2.05) is 48.2 Å². The fourth-order valence-corrected chi connectivity index (χ4v) is 3.39. The largest absolute Gasteiger partial charge is 0.494 e. The maximum absolute atomic E-state index is 12.7. The first-order valence-electron chi connectivity index (χ1n) is 10.5. The third kappa shape index (κ3) is 5.53. The lowest BCUT2D eigenvalue weighted by Crippen LogP contribution is -2.51. The molecule has 0 bridgehead atoms. The highest BCUT2D eigenvalue weighted by Crippen LogP contribution is 2.18. The normalized spacial score (nSPS) is 14.0. The van der Waals surface area contributed by atoms with Gasteiger partial charge in [0.2, 0.25) is 0 Å². The molecule has 2 amide bonds. The van der Waals surface area contributed by atoms with E-state index in [1.165, 1.54) is 5.56 Å². The molecule has 1 fully saturated rings. The average molecular weight is 411 g/mol. The first kappa shape index (κ1) is 21.7. The van der Waals surface area contributed by atoms with E-state index in [1.54, 1.807) is 17.0 Å². The van der Waals surface area contributed by atoms with E-state index in [4.69, 9.17) is 9.47 Å². The minimum Gasteiger partial charge on any atom is -0.494 e. The van der Waals surface area contributed by atoms with E-state index in [0.29, 0.717) is 50.0 Å². The van der Waals surface area contributed by atoms with Crippen molar-refractivity contribution in [1.82, 2.24) is 9.80 Å². The maximum Gasteiger partial charge on any atom is 0.260 e. The van der Waals surface area contributed by atoms with Gasteiger partial charge >= 0.3 is 0 Å². The Bertz CT molecular complexity index is 839. The van der Waals surface area contributed by atoms with Crippen LogP contribution in [0.15, 0.2) is 48.5 Å². The molecule has 1 saturated heterocycles. The van der Waals surface area contributed by atoms with E-state index in [-0.39, 0.29) is 18.4 Å². The smallest absolute Gasteiger partial charge is 0.260 e. The molecular formula is C24H30N2O4. The Hall–Kier alpha value is -3.02. The molecule has 0 atom stereocenters. The lowest BCUT2D eigenvalue weighted by molar-refractivity contribution is -0.134. The lowest BCUT2D eigenvalue weighted by atomic mass is 10.0. The van der Waals surface area contributed by atoms with Crippen LogP contribution >= 0.6 is 0 Å². The van der Waals surface area contributed by atoms with Gasteiger partial charge in [-0.3, -0.25) is 9.59 Å². The van der Waals surface area contributed by atoms with E-state index >= 15 is 0 Å². The fraction of sp³-hybridized carbons (Fsp3) is 0.417. The monoisotopic (exact) mass is 410 g/mol. The SMILES string of the molecule is CCOc1ccc(OCC(=O)N2CCN(C(=O)c3ccc(C(C)C)cc3)CC2)cc1. The van der Waals surface area contributed by atoms with Gasteiger partial charge in [-0.25, -0.2) is 0 Å². The molecule has 0 N–H and O–H groups in total. The van der Waals surface area contributed by atoms with Crippen LogP contribution in [0.3, 0.4) is 0 Å². The quantitative estimate of drug-likeness (QED) is 0.700. The molecule has 2 aromatic rings. The Morgan fingerprint density at radius 2 is 1.37 bits per heavy atom. The fourth-order valence-electron chi connectivity index (χ4n) is 3.39. The van der Waals surface area contributed by atoms with Crippen molar-refractivity contribution >= 4 is 11.8 Å². The van der Waals surface area contributed by atoms with Gasteiger partial charge in [0.15, 0.2) is 6.61 Å². The van der Waals surface area contributed by atoms with E-state index < -0.39 is 0 Å². The van der Waals surface area contributed by atoms with Crippen molar-refractivity contribution in [1.29, 1.82) is 0 Å². The second kappa shape index (κ2) is 10.1. The Morgan fingerprint density at radius 1 is 0.833 bits per heavy atom. The Kier molecular flexibility index (Phi) is 7.33. The third-order valence-electron chi connectivity index (χ3n) is 5.24. The molecule has 0 aromatic heterocycles. The van der Waals surface area contributed by atoms with Crippen molar-refractivity contribution in [3.05, 3.63) is 59.7 Å². The van der Waals surface area contributed by atoms with Crippen LogP contribution in [-0.2, 0) is 4.79 Å². The van der Waals surface area contributed by atoms with Crippen molar-refractivity contribution in [3.63, 3.8) is 0 Å². The number of hydrogen-bond acceptors (Lipinski definition) is 4. The third-order valence-corrected chi connectivity index (χ3v) is 5.24. The summed E-state index contributed by atoms with van der Waals surface area (Å²) in [4.78, 5) is 28.7. The molecular weight excluding hydrogens is 380 g/mol. The predicted octanol–water partition coefficient (Wildman–Crippen LogP) is 3.57. The molecule has 3 rings (SSSR count). The zero-order chi connectivity index (χ0) is 21.5. The van der Waals surface area contributed by atoms with Crippen molar-refractivity contribution in [2.24, 2.45) is 0 Å². The molecule has 0 radical (unpaired) electrons. The van der Waals surface area contributed by atoms with Crippen LogP contribution in [-0.4, -0.2) is 61.0 Å². The molecule has 30 heavy (non-hydrogen) atoms. The van der Waals surface area contributed by atoms with Crippen LogP contribution in [0.25, 0.3) is 0 Å². The van der Waals surface area contributed by atoms with E-state index in [9.17, 15) is 9.59 Å². The average Bonchev–Trinajstić information content (AvgIpc) is 2.78. The van der Waals surface area contributed by atoms with E-state index in [0.717, 1.165) is 5.75 Å². The molecule has 0 saturated carbocycles. The molecule has 6 nitrogen and oxygen atoms in total. The van der Waals surface area contributed by atoms with Crippen molar-refractivity contribution < 1.29 is 19.1 Å². The van der Waals surface area contributed by atoms with Crippen molar-refractivity contribution in [3.8, 4) is 11.5 Å². The van der Waals surface area contributed by atoms with Crippen LogP contribution in [0.5, 0.6) is 11.5 Å². The van der Waals surface area contributed by atoms with Gasteiger partial charge < -0.3 is 19.3 Å². The molecule has 2 aromatic carbocycles. The number of nitrogens with zero attached hydrogens (tertiary/aromatic N) is 2. The number of benzene rings is 2. The number of rotatable bonds is 7. The summed E-state index contributed by atoms with van der Waals surface area (Å²) in [6.45, 7) is 8.87. The number of carbonyl (C=O) groups excluding carboxylic acids is 2. The molecule has 0 unspecified atom stereocenters. The van der Waals surface area contributed by atoms with Crippen LogP contribution in [0.1, 0.15) is 42.6 Å². The summed E-state index contributed by atoms with van der Waals surface area (Å²) in [5.41, 5.74) is 1.91. The van der Waals surface area contributed by atoms with E-state index in [2.05, 4.69) is 13.8 Å². The first-order valence-corrected chi connectivity index (χ1v) is 10.5. The summed E-state index contributed by atoms with van der Waals surface area (Å²) in [6, 6.07) is 15.0. The zero-order valence-electron chi connectivity index (χ0n) is 18.0. The van der Waals surface area contributed by atoms with Gasteiger partial charge in [-0.05, 0) is 54.8 Å². The van der Waals surface area contributed by atoms with Crippen molar-refractivity contribution in [2.45, 2.75) is 26.7 Å². The topological polar surface area (TPSA) is 59.1 Å². The Morgan fingerprint density at radius 3 is 1.90 bits per heavy atom. The number of hydrogen-bond donors (Lipinski definition) is 0. The summed E-state index contributed by atoms with van der Waals surface area (Å²) in [6.07, 6.45) is 0. The summed E-state index contributed by atoms with van der Waals surface area (Å²) < 4.78 is 11.0. The summed E-state index contributed by atoms with van der Waals surface area (Å²) in [5, 5.41) is 0. The van der Waals surface area contributed by atoms with Gasteiger partial charge in [0, 0.05) is 31.7 Å². The molecule has 1 aliphatic rings. The van der Waals surface area contributed by atoms with Crippen molar-refractivity contribution in [2.75, 3.05) is 39.4 Å². The molecule has 1 aliphatic heterocycles. The minimum atomic E-state index is -0.0720. The molecule has 160 valence electrons. The summed E-state index contributed by atoms with van der Waals surface area (Å²) in [5.74, 6) is 1.79. The summed E-state index contributed by atoms with van der Waals surface area (Å²) >= 11 is 0. The summed E-state index contributed by atoms with van der Waals surface area (Å²) in [7, 11) is 0. The van der Waals surface area contributed by atoms with Gasteiger partial charge in [0.1, 0.15) is 11.5 Å². The zero-order valence-corrected chi connectivity index (χ0v) is 18.0. The highest BCUT2D eigenvalue weighted by molar-refractivity contribution is 5.94. The van der Waals surface area contributed by atoms with Gasteiger partial charge in [0.25, 0.3) is 11.8 Å². The Balaban J connectivity index is 1.46. The number of carbonyl (C=O) groups is 2. The van der Waals surface area contributed by atoms with Gasteiger partial charge in [-0.1, -0.05) is 26.0 Å². The maximum atomic E-state index is 12.7. The molecule has 0 aliphatic carbocycles. The minimum absolute atomic E-state index is 0.0153. The van der Waals surface area contributed by atoms with Crippen LogP contribution in [0.2, 0.25) is 0 Å². The van der Waals surface area contributed by atoms with Crippen LogP contribution in [0, 0.1) is 0 Å². The van der Waals surface area contributed by atoms with Crippen LogP contribution in [0.4, 0.5) is 0 Å². The molecule has 0 spiro atoms. The Labute approximate surface area is 178 Å². The second-order valence-electron chi connectivity index (χ2n) is 7.64. The second-order valence-corrected chi connectivity index (χ2v) is 7.64. The van der Waals surface area contributed by atoms with Gasteiger partial charge in [-0.15, -0.1) is 0 Å². The number of piperazine rings is 1. The number of amides is 2. The highest BCUT2D eigenvalue weighted by Gasteiger charge is 2.25. The van der Waals surface area contributed by atoms with Gasteiger partial charge in [-0.2, -0.15) is 0 Å². The molecule has 1 heterocycles. The molecule has 6 heteroatoms. The standard InChI is InChI=1S/C24H30N2O4/c1-4-29-21-9-11-22(12-10-21)30-17-23(27)25-13-15-26(16-14-25)24(28)20-7-5-19(6-8-20)18(2)3/h5-12,18H,4,13-17H2,1-3H3. The highest BCUT2D eigenvalue weighted by atomic mass is 16.5. The van der Waals surface area contributed by atoms with Crippen LogP contribution < -0.4 is 9.47 Å². The first-order chi connectivity index (χ1) is 14.5. The van der Waals surface area contributed by atoms with Gasteiger partial charge in [0.05, 0.1) is 6.61 Å². The predicted molar refractivity (Wildman–Crippen MR) is 116 cm³/mol.